The smallest absolute Gasteiger partial charge is 0.228 e. The highest BCUT2D eigenvalue weighted by atomic mass is 16.3. The van der Waals surface area contributed by atoms with Gasteiger partial charge in [0.15, 0.2) is 0 Å². The van der Waals surface area contributed by atoms with E-state index in [1.165, 1.54) is 19.3 Å². The number of rotatable bonds is 2. The summed E-state index contributed by atoms with van der Waals surface area (Å²) in [5, 5.41) is 9.45. The Hall–Kier alpha value is -1.71. The van der Waals surface area contributed by atoms with Gasteiger partial charge in [-0.1, -0.05) is 0 Å². The normalized spacial score (nSPS) is 36.7. The molecule has 25 heavy (non-hydrogen) atoms. The first-order valence-electron chi connectivity index (χ1n) is 9.95. The summed E-state index contributed by atoms with van der Waals surface area (Å²) in [7, 11) is 0. The number of nitrogens with zero attached hydrogens (tertiary/aromatic N) is 2. The van der Waals surface area contributed by atoms with E-state index in [2.05, 4.69) is 9.80 Å². The number of carbonyl (C=O) groups is 1. The lowest BCUT2D eigenvalue weighted by molar-refractivity contribution is -0.158. The lowest BCUT2D eigenvalue weighted by Crippen LogP contribution is -2.58. The molecule has 4 bridgehead atoms. The standard InChI is InChI=1S/C21H28N2O2/c24-19-3-1-18(2-4-19)22-5-7-23(8-6-22)20(25)21-12-15-9-16(13-21)11-17(10-15)14-21/h1-4,15-17,24H,5-14H2. The van der Waals surface area contributed by atoms with E-state index in [4.69, 9.17) is 0 Å². The lowest BCUT2D eigenvalue weighted by atomic mass is 9.49. The molecule has 4 aliphatic carbocycles. The van der Waals surface area contributed by atoms with E-state index in [9.17, 15) is 9.90 Å². The average Bonchev–Trinajstić information content (AvgIpc) is 2.61. The van der Waals surface area contributed by atoms with Crippen LogP contribution in [0, 0.1) is 23.2 Å². The maximum Gasteiger partial charge on any atom is 0.228 e. The minimum absolute atomic E-state index is 0.00451. The summed E-state index contributed by atoms with van der Waals surface area (Å²) in [6.45, 7) is 3.45. The van der Waals surface area contributed by atoms with Crippen LogP contribution in [0.3, 0.4) is 0 Å². The first-order chi connectivity index (χ1) is 12.1. The summed E-state index contributed by atoms with van der Waals surface area (Å²) >= 11 is 0. The van der Waals surface area contributed by atoms with E-state index in [1.807, 2.05) is 12.1 Å². The van der Waals surface area contributed by atoms with Crippen LogP contribution in [0.25, 0.3) is 0 Å². The van der Waals surface area contributed by atoms with Crippen molar-refractivity contribution in [3.05, 3.63) is 24.3 Å². The fourth-order valence-corrected chi connectivity index (χ4v) is 6.54. The summed E-state index contributed by atoms with van der Waals surface area (Å²) in [6, 6.07) is 7.41. The molecule has 0 unspecified atom stereocenters. The van der Waals surface area contributed by atoms with Crippen molar-refractivity contribution in [2.24, 2.45) is 23.2 Å². The Morgan fingerprint density at radius 1 is 0.880 bits per heavy atom. The summed E-state index contributed by atoms with van der Waals surface area (Å²) in [6.07, 6.45) is 7.66. The molecule has 1 N–H and O–H groups in total. The number of phenolic OH excluding ortho intramolecular Hbond substituents is 1. The van der Waals surface area contributed by atoms with Crippen molar-refractivity contribution in [2.75, 3.05) is 31.1 Å². The zero-order valence-corrected chi connectivity index (χ0v) is 14.9. The highest BCUT2D eigenvalue weighted by molar-refractivity contribution is 5.83. The highest BCUT2D eigenvalue weighted by Crippen LogP contribution is 2.60. The van der Waals surface area contributed by atoms with Gasteiger partial charge in [0, 0.05) is 31.9 Å². The molecule has 0 aromatic heterocycles. The first kappa shape index (κ1) is 15.5. The number of benzene rings is 1. The number of aromatic hydroxyl groups is 1. The van der Waals surface area contributed by atoms with Gasteiger partial charge in [-0.3, -0.25) is 4.79 Å². The maximum absolute atomic E-state index is 13.4. The van der Waals surface area contributed by atoms with Gasteiger partial charge >= 0.3 is 0 Å². The zero-order valence-electron chi connectivity index (χ0n) is 14.9. The molecule has 1 amide bonds. The van der Waals surface area contributed by atoms with Crippen molar-refractivity contribution in [3.8, 4) is 5.75 Å². The van der Waals surface area contributed by atoms with Crippen LogP contribution in [0.1, 0.15) is 38.5 Å². The predicted octanol–water partition coefficient (Wildman–Crippen LogP) is 3.26. The Kier molecular flexibility index (Phi) is 3.51. The Bertz CT molecular complexity index is 626. The Morgan fingerprint density at radius 3 is 1.92 bits per heavy atom. The van der Waals surface area contributed by atoms with Crippen molar-refractivity contribution in [1.29, 1.82) is 0 Å². The van der Waals surface area contributed by atoms with E-state index in [0.29, 0.717) is 11.7 Å². The molecule has 5 fully saturated rings. The molecular weight excluding hydrogens is 312 g/mol. The molecule has 6 rings (SSSR count). The number of hydrogen-bond donors (Lipinski definition) is 1. The Labute approximate surface area is 149 Å². The number of amides is 1. The second kappa shape index (κ2) is 5.65. The third-order valence-electron chi connectivity index (χ3n) is 7.27. The summed E-state index contributed by atoms with van der Waals surface area (Å²) < 4.78 is 0. The van der Waals surface area contributed by atoms with Crippen LogP contribution < -0.4 is 4.90 Å². The fourth-order valence-electron chi connectivity index (χ4n) is 6.54. The van der Waals surface area contributed by atoms with E-state index >= 15 is 0 Å². The minimum Gasteiger partial charge on any atom is -0.508 e. The van der Waals surface area contributed by atoms with Gasteiger partial charge in [-0.15, -0.1) is 0 Å². The van der Waals surface area contributed by atoms with Crippen LogP contribution in [0.4, 0.5) is 5.69 Å². The van der Waals surface area contributed by atoms with E-state index in [-0.39, 0.29) is 5.41 Å². The number of piperazine rings is 1. The second-order valence-electron chi connectivity index (χ2n) is 8.99. The molecule has 5 aliphatic rings. The van der Waals surface area contributed by atoms with Gasteiger partial charge in [-0.2, -0.15) is 0 Å². The van der Waals surface area contributed by atoms with Crippen LogP contribution in [0.5, 0.6) is 5.75 Å². The van der Waals surface area contributed by atoms with Gasteiger partial charge in [0.1, 0.15) is 5.75 Å². The molecule has 0 radical (unpaired) electrons. The van der Waals surface area contributed by atoms with Crippen molar-refractivity contribution in [1.82, 2.24) is 4.90 Å². The van der Waals surface area contributed by atoms with Crippen molar-refractivity contribution >= 4 is 11.6 Å². The minimum atomic E-state index is -0.00451. The molecule has 1 aromatic carbocycles. The first-order valence-corrected chi connectivity index (χ1v) is 9.95. The molecule has 4 nitrogen and oxygen atoms in total. The van der Waals surface area contributed by atoms with Gasteiger partial charge in [-0.25, -0.2) is 0 Å². The lowest BCUT2D eigenvalue weighted by Gasteiger charge is -2.57. The van der Waals surface area contributed by atoms with Crippen LogP contribution in [0.15, 0.2) is 24.3 Å². The molecule has 1 heterocycles. The van der Waals surface area contributed by atoms with Crippen molar-refractivity contribution in [2.45, 2.75) is 38.5 Å². The van der Waals surface area contributed by atoms with Crippen molar-refractivity contribution < 1.29 is 9.90 Å². The van der Waals surface area contributed by atoms with Gasteiger partial charge in [-0.05, 0) is 80.5 Å². The largest absolute Gasteiger partial charge is 0.508 e. The molecule has 4 heteroatoms. The number of hydrogen-bond acceptors (Lipinski definition) is 3. The van der Waals surface area contributed by atoms with Crippen LogP contribution in [-0.2, 0) is 4.79 Å². The quantitative estimate of drug-likeness (QED) is 0.899. The molecule has 1 saturated heterocycles. The topological polar surface area (TPSA) is 43.8 Å². The van der Waals surface area contributed by atoms with Crippen LogP contribution in [-0.4, -0.2) is 42.1 Å². The third kappa shape index (κ3) is 2.61. The average molecular weight is 340 g/mol. The molecule has 1 aromatic rings. The Morgan fingerprint density at radius 2 is 1.40 bits per heavy atom. The van der Waals surface area contributed by atoms with Crippen molar-refractivity contribution in [3.63, 3.8) is 0 Å². The number of carbonyl (C=O) groups excluding carboxylic acids is 1. The van der Waals surface area contributed by atoms with Gasteiger partial charge < -0.3 is 14.9 Å². The third-order valence-corrected chi connectivity index (χ3v) is 7.27. The fraction of sp³-hybridized carbons (Fsp3) is 0.667. The molecule has 1 aliphatic heterocycles. The second-order valence-corrected chi connectivity index (χ2v) is 8.99. The van der Waals surface area contributed by atoms with Crippen LogP contribution >= 0.6 is 0 Å². The summed E-state index contributed by atoms with van der Waals surface area (Å²) in [5.74, 6) is 3.26. The zero-order chi connectivity index (χ0) is 17.0. The van der Waals surface area contributed by atoms with E-state index in [0.717, 1.165) is 68.9 Å². The highest BCUT2D eigenvalue weighted by Gasteiger charge is 2.55. The summed E-state index contributed by atoms with van der Waals surface area (Å²) in [4.78, 5) is 17.9. The number of anilines is 1. The maximum atomic E-state index is 13.4. The van der Waals surface area contributed by atoms with Gasteiger partial charge in [0.05, 0.1) is 5.41 Å². The molecule has 134 valence electrons. The van der Waals surface area contributed by atoms with E-state index < -0.39 is 0 Å². The predicted molar refractivity (Wildman–Crippen MR) is 97.5 cm³/mol. The molecule has 0 atom stereocenters. The SMILES string of the molecule is O=C(N1CCN(c2ccc(O)cc2)CC1)C12CC3CC(CC(C3)C1)C2. The van der Waals surface area contributed by atoms with E-state index in [1.54, 1.807) is 12.1 Å². The molecule has 0 spiro atoms. The van der Waals surface area contributed by atoms with Gasteiger partial charge in [0.2, 0.25) is 5.91 Å². The molecule has 4 saturated carbocycles. The molecular formula is C21H28N2O2. The Balaban J connectivity index is 1.26. The van der Waals surface area contributed by atoms with Crippen LogP contribution in [0.2, 0.25) is 0 Å². The summed E-state index contributed by atoms with van der Waals surface area (Å²) in [5.41, 5.74) is 1.13. The monoisotopic (exact) mass is 340 g/mol. The van der Waals surface area contributed by atoms with Gasteiger partial charge in [0.25, 0.3) is 0 Å². The number of phenols is 1.